The summed E-state index contributed by atoms with van der Waals surface area (Å²) < 4.78 is 49.3. The van der Waals surface area contributed by atoms with Crippen LogP contribution in [-0.2, 0) is 17.7 Å². The summed E-state index contributed by atoms with van der Waals surface area (Å²) >= 11 is 0. The molecule has 0 amide bonds. The fourth-order valence-corrected chi connectivity index (χ4v) is 4.91. The van der Waals surface area contributed by atoms with Crippen LogP contribution in [-0.4, -0.2) is 54.2 Å². The number of hydrogen-bond acceptors (Lipinski definition) is 8. The number of aliphatic hydroxyl groups excluding tert-OH is 2. The first-order chi connectivity index (χ1) is 16.1. The molecule has 3 aromatic rings. The monoisotopic (exact) mass is 479 g/mol. The lowest BCUT2D eigenvalue weighted by atomic mass is 9.83. The molecule has 2 aliphatic rings. The zero-order chi connectivity index (χ0) is 24.4. The van der Waals surface area contributed by atoms with Crippen molar-refractivity contribution in [2.75, 3.05) is 12.3 Å². The number of hydrogen-bond donors (Lipinski definition) is 5. The largest absolute Gasteiger partial charge is 0.386 e. The minimum absolute atomic E-state index is 0.0148. The number of halogens is 3. The number of nitrogens with two attached hydrogens (primary N) is 1. The van der Waals surface area contributed by atoms with Gasteiger partial charge in [0, 0.05) is 12.7 Å². The molecule has 5 atom stereocenters. The minimum Gasteiger partial charge on any atom is -0.386 e. The number of ether oxygens (including phenoxy) is 1. The first-order valence-electron chi connectivity index (χ1n) is 10.8. The van der Waals surface area contributed by atoms with Crippen LogP contribution in [0.4, 0.5) is 19.0 Å². The molecule has 0 saturated carbocycles. The van der Waals surface area contributed by atoms with Gasteiger partial charge in [0.15, 0.2) is 6.23 Å². The number of nitrogens with zero attached hydrogens (tertiary/aromatic N) is 3. The molecule has 1 aromatic carbocycles. The number of aromatic nitrogens is 3. The van der Waals surface area contributed by atoms with E-state index in [4.69, 9.17) is 10.5 Å². The van der Waals surface area contributed by atoms with E-state index >= 15 is 0 Å². The summed E-state index contributed by atoms with van der Waals surface area (Å²) in [5.41, 5.74) is 3.84. The molecular formula is C22H24F3N5O4. The summed E-state index contributed by atoms with van der Waals surface area (Å²) in [6.07, 6.45) is -5.89. The van der Waals surface area contributed by atoms with Crippen LogP contribution < -0.4 is 11.1 Å². The number of anilines is 1. The molecule has 182 valence electrons. The minimum atomic E-state index is -3.09. The third kappa shape index (κ3) is 3.36. The van der Waals surface area contributed by atoms with Crippen LogP contribution in [0, 0.1) is 5.82 Å². The van der Waals surface area contributed by atoms with Crippen LogP contribution in [0.15, 0.2) is 24.7 Å². The summed E-state index contributed by atoms with van der Waals surface area (Å²) in [4.78, 5) is 8.07. The molecule has 0 radical (unpaired) electrons. The molecule has 5 rings (SSSR count). The Morgan fingerprint density at radius 2 is 2.06 bits per heavy atom. The van der Waals surface area contributed by atoms with E-state index in [0.717, 1.165) is 6.07 Å². The maximum atomic E-state index is 14.7. The summed E-state index contributed by atoms with van der Waals surface area (Å²) in [5, 5.41) is 36.9. The highest BCUT2D eigenvalue weighted by molar-refractivity contribution is 5.86. The van der Waals surface area contributed by atoms with Crippen molar-refractivity contribution in [2.24, 2.45) is 0 Å². The van der Waals surface area contributed by atoms with E-state index < -0.39 is 47.9 Å². The summed E-state index contributed by atoms with van der Waals surface area (Å²) in [5.74, 6) is -0.778. The van der Waals surface area contributed by atoms with Crippen LogP contribution >= 0.6 is 0 Å². The molecule has 2 aliphatic heterocycles. The van der Waals surface area contributed by atoms with Crippen molar-refractivity contribution >= 4 is 16.9 Å². The molecule has 1 saturated heterocycles. The predicted octanol–water partition coefficient (Wildman–Crippen LogP) is 1.48. The summed E-state index contributed by atoms with van der Waals surface area (Å²) in [7, 11) is 0. The maximum absolute atomic E-state index is 14.7. The van der Waals surface area contributed by atoms with Gasteiger partial charge in [0.2, 0.25) is 0 Å². The second-order valence-electron chi connectivity index (χ2n) is 8.84. The average molecular weight is 479 g/mol. The van der Waals surface area contributed by atoms with Gasteiger partial charge in [-0.15, -0.1) is 0 Å². The van der Waals surface area contributed by atoms with Gasteiger partial charge in [-0.25, -0.2) is 23.1 Å². The fraction of sp³-hybridized carbons (Fsp3) is 0.455. The van der Waals surface area contributed by atoms with Gasteiger partial charge in [-0.1, -0.05) is 0 Å². The molecule has 4 heterocycles. The van der Waals surface area contributed by atoms with Gasteiger partial charge in [0.1, 0.15) is 47.5 Å². The van der Waals surface area contributed by atoms with Crippen molar-refractivity contribution in [1.82, 2.24) is 19.9 Å². The van der Waals surface area contributed by atoms with Gasteiger partial charge < -0.3 is 35.7 Å². The standard InChI is InChI=1S/C22H24F3N5O4/c1-22(33)16(32)21(30-5-3-10-19(26)28-8-29-20(10)30)34-17(22)15(31)11-6-12(18(24)25)14(23)9-2-4-27-7-13(9)11/h3,5-6,8,15-18,21,27,31-33H,2,4,7H2,1H3,(H2,26,28,29)/t15-,16-,17+,21+,22-/m0/s1. The quantitative estimate of drug-likeness (QED) is 0.379. The van der Waals surface area contributed by atoms with E-state index in [-0.39, 0.29) is 29.9 Å². The van der Waals surface area contributed by atoms with Crippen LogP contribution in [0.25, 0.3) is 11.0 Å². The molecule has 0 bridgehead atoms. The van der Waals surface area contributed by atoms with Gasteiger partial charge in [-0.3, -0.25) is 0 Å². The highest BCUT2D eigenvalue weighted by Gasteiger charge is 2.56. The third-order valence-corrected chi connectivity index (χ3v) is 6.78. The Balaban J connectivity index is 1.56. The van der Waals surface area contributed by atoms with Crippen LogP contribution in [0.5, 0.6) is 0 Å². The molecule has 2 aromatic heterocycles. The number of aliphatic hydroxyl groups is 3. The Kier molecular flexibility index (Phi) is 5.52. The van der Waals surface area contributed by atoms with E-state index in [2.05, 4.69) is 15.3 Å². The Morgan fingerprint density at radius 1 is 1.29 bits per heavy atom. The van der Waals surface area contributed by atoms with Crippen LogP contribution in [0.1, 0.15) is 47.9 Å². The molecule has 1 fully saturated rings. The van der Waals surface area contributed by atoms with Gasteiger partial charge in [-0.2, -0.15) is 0 Å². The van der Waals surface area contributed by atoms with Crippen molar-refractivity contribution in [2.45, 2.75) is 56.5 Å². The van der Waals surface area contributed by atoms with Gasteiger partial charge in [-0.05, 0) is 48.7 Å². The molecule has 0 aliphatic carbocycles. The van der Waals surface area contributed by atoms with Crippen molar-refractivity contribution in [3.8, 4) is 0 Å². The molecule has 9 nitrogen and oxygen atoms in total. The van der Waals surface area contributed by atoms with E-state index in [1.807, 2.05) is 0 Å². The molecule has 6 N–H and O–H groups in total. The maximum Gasteiger partial charge on any atom is 0.266 e. The number of fused-ring (bicyclic) bond motifs is 2. The first-order valence-corrected chi connectivity index (χ1v) is 10.8. The van der Waals surface area contributed by atoms with Crippen LogP contribution in [0.3, 0.4) is 0 Å². The molecular weight excluding hydrogens is 455 g/mol. The Labute approximate surface area is 192 Å². The number of benzene rings is 1. The highest BCUT2D eigenvalue weighted by Crippen LogP contribution is 2.45. The topological polar surface area (TPSA) is 139 Å². The molecule has 34 heavy (non-hydrogen) atoms. The van der Waals surface area contributed by atoms with Crippen LogP contribution in [0.2, 0.25) is 0 Å². The highest BCUT2D eigenvalue weighted by atomic mass is 19.3. The normalized spacial score (nSPS) is 27.9. The molecule has 12 heteroatoms. The van der Waals surface area contributed by atoms with Crippen molar-refractivity contribution in [3.05, 3.63) is 52.7 Å². The number of alkyl halides is 2. The lowest BCUT2D eigenvalue weighted by molar-refractivity contribution is -0.115. The SMILES string of the molecule is C[C@@]1(O)[C@@H]([C@@H](O)c2cc(C(F)F)c(F)c3c2CNCC3)O[C@@H](n2ccc3c(N)ncnc32)[C@@H]1O. The second-order valence-corrected chi connectivity index (χ2v) is 8.84. The number of nitrogens with one attached hydrogen (secondary N) is 1. The number of nitrogen functional groups attached to an aromatic ring is 1. The van der Waals surface area contributed by atoms with E-state index in [1.54, 1.807) is 12.3 Å². The fourth-order valence-electron chi connectivity index (χ4n) is 4.91. The van der Waals surface area contributed by atoms with Gasteiger partial charge >= 0.3 is 0 Å². The first kappa shape index (κ1) is 23.0. The van der Waals surface area contributed by atoms with E-state index in [1.165, 1.54) is 17.8 Å². The summed E-state index contributed by atoms with van der Waals surface area (Å²) in [6.45, 7) is 1.83. The predicted molar refractivity (Wildman–Crippen MR) is 114 cm³/mol. The smallest absolute Gasteiger partial charge is 0.266 e. The summed E-state index contributed by atoms with van der Waals surface area (Å²) in [6, 6.07) is 2.53. The third-order valence-electron chi connectivity index (χ3n) is 6.78. The van der Waals surface area contributed by atoms with Gasteiger partial charge in [0.05, 0.1) is 10.9 Å². The lowest BCUT2D eigenvalue weighted by Crippen LogP contribution is -2.47. The lowest BCUT2D eigenvalue weighted by Gasteiger charge is -2.32. The van der Waals surface area contributed by atoms with Crippen molar-refractivity contribution < 1.29 is 33.2 Å². The Morgan fingerprint density at radius 3 is 2.79 bits per heavy atom. The Hall–Kier alpha value is -2.77. The number of rotatable bonds is 4. The van der Waals surface area contributed by atoms with Gasteiger partial charge in [0.25, 0.3) is 6.43 Å². The van der Waals surface area contributed by atoms with E-state index in [0.29, 0.717) is 23.1 Å². The zero-order valence-corrected chi connectivity index (χ0v) is 18.1. The van der Waals surface area contributed by atoms with Crippen molar-refractivity contribution in [3.63, 3.8) is 0 Å². The van der Waals surface area contributed by atoms with E-state index in [9.17, 15) is 28.5 Å². The molecule has 0 spiro atoms. The second kappa shape index (κ2) is 8.17. The van der Waals surface area contributed by atoms with Crippen molar-refractivity contribution in [1.29, 1.82) is 0 Å². The average Bonchev–Trinajstić information content (AvgIpc) is 3.33. The Bertz CT molecular complexity index is 1250. The molecule has 0 unspecified atom stereocenters. The zero-order valence-electron chi connectivity index (χ0n) is 18.1.